The maximum absolute atomic E-state index is 13.1. The van der Waals surface area contributed by atoms with Crippen molar-refractivity contribution >= 4 is 22.6 Å². The van der Waals surface area contributed by atoms with Crippen LogP contribution in [0.4, 0.5) is 19.0 Å². The largest absolute Gasteiger partial charge is 0.416 e. The number of carbonyl (C=O) groups excluding carboxylic acids is 1. The summed E-state index contributed by atoms with van der Waals surface area (Å²) in [6, 6.07) is 4.65. The first kappa shape index (κ1) is 24.2. The number of fused-ring (bicyclic) bond motifs is 1. The van der Waals surface area contributed by atoms with Crippen LogP contribution in [0.5, 0.6) is 0 Å². The SMILES string of the molecule is O=C(CNc1ncnc2ccc(C(F)(F)F)cc12)NC1CN([C@H]2CC[C@H](N3CCOCC3)CC2)C1. The number of rotatable bonds is 6. The molecule has 5 rings (SSSR count). The lowest BCUT2D eigenvalue weighted by Gasteiger charge is -2.48. The van der Waals surface area contributed by atoms with Crippen LogP contribution in [-0.4, -0.2) is 89.7 Å². The van der Waals surface area contributed by atoms with E-state index in [0.29, 0.717) is 17.6 Å². The van der Waals surface area contributed by atoms with Crippen LogP contribution in [0.25, 0.3) is 10.9 Å². The van der Waals surface area contributed by atoms with Crippen LogP contribution >= 0.6 is 0 Å². The summed E-state index contributed by atoms with van der Waals surface area (Å²) >= 11 is 0. The molecule has 1 aromatic heterocycles. The Morgan fingerprint density at radius 2 is 1.71 bits per heavy atom. The summed E-state index contributed by atoms with van der Waals surface area (Å²) in [5.41, 5.74) is -0.394. The highest BCUT2D eigenvalue weighted by Gasteiger charge is 2.36. The summed E-state index contributed by atoms with van der Waals surface area (Å²) in [7, 11) is 0. The second-order valence-corrected chi connectivity index (χ2v) is 9.63. The second-order valence-electron chi connectivity index (χ2n) is 9.63. The van der Waals surface area contributed by atoms with Crippen LogP contribution in [-0.2, 0) is 15.7 Å². The smallest absolute Gasteiger partial charge is 0.379 e. The third-order valence-corrected chi connectivity index (χ3v) is 7.40. The van der Waals surface area contributed by atoms with E-state index in [2.05, 4.69) is 30.4 Å². The maximum Gasteiger partial charge on any atom is 0.416 e. The van der Waals surface area contributed by atoms with E-state index in [-0.39, 0.29) is 29.7 Å². The highest BCUT2D eigenvalue weighted by molar-refractivity contribution is 5.91. The number of likely N-dealkylation sites (tertiary alicyclic amines) is 1. The molecule has 1 aromatic carbocycles. The molecule has 1 aliphatic carbocycles. The number of carbonyl (C=O) groups is 1. The van der Waals surface area contributed by atoms with Crippen LogP contribution in [0.3, 0.4) is 0 Å². The first-order chi connectivity index (χ1) is 16.9. The molecule has 0 atom stereocenters. The van der Waals surface area contributed by atoms with Crippen LogP contribution in [0, 0.1) is 0 Å². The number of halogens is 3. The predicted molar refractivity (Wildman–Crippen MR) is 125 cm³/mol. The zero-order valence-corrected chi connectivity index (χ0v) is 19.6. The predicted octanol–water partition coefficient (Wildman–Crippen LogP) is 2.50. The average molecular weight is 493 g/mol. The lowest BCUT2D eigenvalue weighted by atomic mass is 9.87. The summed E-state index contributed by atoms with van der Waals surface area (Å²) in [5, 5.41) is 6.12. The Labute approximate surface area is 202 Å². The zero-order valence-electron chi connectivity index (χ0n) is 19.6. The molecule has 2 aliphatic heterocycles. The molecule has 2 saturated heterocycles. The standard InChI is InChI=1S/C24H31F3N6O2/c25-24(26,27)16-1-6-21-20(11-16)23(30-15-29-21)28-12-22(34)31-17-13-33(14-17)19-4-2-18(3-5-19)32-7-9-35-10-8-32/h1,6,11,15,17-19H,2-5,7-10,12-14H2,(H,31,34)(H,28,29,30)/t18-,19-. The van der Waals surface area contributed by atoms with Gasteiger partial charge in [0.1, 0.15) is 12.1 Å². The molecule has 1 amide bonds. The van der Waals surface area contributed by atoms with Gasteiger partial charge in [0.25, 0.3) is 0 Å². The summed E-state index contributed by atoms with van der Waals surface area (Å²) in [5.74, 6) is 0.00734. The van der Waals surface area contributed by atoms with Gasteiger partial charge in [-0.05, 0) is 43.9 Å². The molecule has 11 heteroatoms. The van der Waals surface area contributed by atoms with Gasteiger partial charge in [-0.15, -0.1) is 0 Å². The first-order valence-corrected chi connectivity index (χ1v) is 12.3. The number of anilines is 1. The number of benzene rings is 1. The van der Waals surface area contributed by atoms with Gasteiger partial charge in [0.05, 0.1) is 36.9 Å². The van der Waals surface area contributed by atoms with Crippen molar-refractivity contribution in [2.45, 2.75) is 50.0 Å². The normalized spacial score (nSPS) is 24.8. The van der Waals surface area contributed by atoms with Crippen molar-refractivity contribution in [1.29, 1.82) is 0 Å². The molecule has 3 aliphatic rings. The van der Waals surface area contributed by atoms with E-state index in [1.807, 2.05) is 0 Å². The van der Waals surface area contributed by atoms with Gasteiger partial charge >= 0.3 is 6.18 Å². The van der Waals surface area contributed by atoms with E-state index in [0.717, 1.165) is 51.5 Å². The second kappa shape index (κ2) is 10.2. The van der Waals surface area contributed by atoms with Crippen molar-refractivity contribution in [2.75, 3.05) is 51.3 Å². The third-order valence-electron chi connectivity index (χ3n) is 7.40. The minimum Gasteiger partial charge on any atom is -0.379 e. The number of nitrogens with zero attached hydrogens (tertiary/aromatic N) is 4. The highest BCUT2D eigenvalue weighted by Crippen LogP contribution is 2.33. The minimum absolute atomic E-state index is 0.0660. The Morgan fingerprint density at radius 3 is 2.40 bits per heavy atom. The molecule has 0 bridgehead atoms. The number of hydrogen-bond acceptors (Lipinski definition) is 7. The molecule has 2 aromatic rings. The number of ether oxygens (including phenoxy) is 1. The van der Waals surface area contributed by atoms with Crippen molar-refractivity contribution in [1.82, 2.24) is 25.1 Å². The lowest BCUT2D eigenvalue weighted by Crippen LogP contribution is -2.63. The van der Waals surface area contributed by atoms with Crippen molar-refractivity contribution < 1.29 is 22.7 Å². The summed E-state index contributed by atoms with van der Waals surface area (Å²) in [6.07, 6.45) is 1.61. The number of morpholine rings is 1. The van der Waals surface area contributed by atoms with E-state index in [4.69, 9.17) is 4.74 Å². The molecular formula is C24H31F3N6O2. The summed E-state index contributed by atoms with van der Waals surface area (Å²) < 4.78 is 44.7. The van der Waals surface area contributed by atoms with Crippen LogP contribution in [0.15, 0.2) is 24.5 Å². The van der Waals surface area contributed by atoms with Gasteiger partial charge in [0.15, 0.2) is 0 Å². The Bertz CT molecular complexity index is 1030. The van der Waals surface area contributed by atoms with E-state index < -0.39 is 11.7 Å². The molecule has 0 unspecified atom stereocenters. The summed E-state index contributed by atoms with van der Waals surface area (Å²) in [4.78, 5) is 25.5. The fourth-order valence-corrected chi connectivity index (χ4v) is 5.45. The molecule has 3 heterocycles. The molecule has 35 heavy (non-hydrogen) atoms. The van der Waals surface area contributed by atoms with Crippen LogP contribution in [0.2, 0.25) is 0 Å². The Balaban J connectivity index is 1.06. The molecule has 0 spiro atoms. The molecule has 190 valence electrons. The monoisotopic (exact) mass is 492 g/mol. The molecule has 1 saturated carbocycles. The molecule has 8 nitrogen and oxygen atoms in total. The number of amides is 1. The molecule has 3 fully saturated rings. The average Bonchev–Trinajstić information content (AvgIpc) is 2.84. The van der Waals surface area contributed by atoms with E-state index in [1.54, 1.807) is 0 Å². The van der Waals surface area contributed by atoms with Crippen LogP contribution < -0.4 is 10.6 Å². The number of aromatic nitrogens is 2. The highest BCUT2D eigenvalue weighted by atomic mass is 19.4. The first-order valence-electron chi connectivity index (χ1n) is 12.3. The third kappa shape index (κ3) is 5.68. The Hall–Kier alpha value is -2.50. The molecular weight excluding hydrogens is 461 g/mol. The summed E-state index contributed by atoms with van der Waals surface area (Å²) in [6.45, 7) is 5.36. The number of alkyl halides is 3. The van der Waals surface area contributed by atoms with E-state index in [1.165, 1.54) is 38.1 Å². The van der Waals surface area contributed by atoms with Crippen LogP contribution in [0.1, 0.15) is 31.2 Å². The fraction of sp³-hybridized carbons (Fsp3) is 0.625. The minimum atomic E-state index is -4.46. The van der Waals surface area contributed by atoms with Gasteiger partial charge in [-0.1, -0.05) is 0 Å². The Morgan fingerprint density at radius 1 is 1.03 bits per heavy atom. The quantitative estimate of drug-likeness (QED) is 0.641. The van der Waals surface area contributed by atoms with E-state index in [9.17, 15) is 18.0 Å². The number of nitrogens with one attached hydrogen (secondary N) is 2. The van der Waals surface area contributed by atoms with E-state index >= 15 is 0 Å². The molecule has 2 N–H and O–H groups in total. The van der Waals surface area contributed by atoms with Crippen molar-refractivity contribution in [3.63, 3.8) is 0 Å². The fourth-order valence-electron chi connectivity index (χ4n) is 5.45. The lowest BCUT2D eigenvalue weighted by molar-refractivity contribution is -0.137. The topological polar surface area (TPSA) is 82.6 Å². The van der Waals surface area contributed by atoms with Crippen molar-refractivity contribution in [2.24, 2.45) is 0 Å². The maximum atomic E-state index is 13.1. The molecule has 0 radical (unpaired) electrons. The van der Waals surface area contributed by atoms with Gasteiger partial charge in [-0.3, -0.25) is 14.6 Å². The van der Waals surface area contributed by atoms with Gasteiger partial charge in [-0.25, -0.2) is 9.97 Å². The Kier molecular flexibility index (Phi) is 7.08. The number of hydrogen-bond donors (Lipinski definition) is 2. The van der Waals surface area contributed by atoms with Gasteiger partial charge in [-0.2, -0.15) is 13.2 Å². The van der Waals surface area contributed by atoms with Crippen molar-refractivity contribution in [3.05, 3.63) is 30.1 Å². The van der Waals surface area contributed by atoms with Gasteiger partial charge < -0.3 is 15.4 Å². The van der Waals surface area contributed by atoms with Gasteiger partial charge in [0, 0.05) is 43.6 Å². The van der Waals surface area contributed by atoms with Crippen molar-refractivity contribution in [3.8, 4) is 0 Å². The zero-order chi connectivity index (χ0) is 24.4. The van der Waals surface area contributed by atoms with Gasteiger partial charge in [0.2, 0.25) is 5.91 Å².